The van der Waals surface area contributed by atoms with E-state index in [9.17, 15) is 77.6 Å². The number of carbonyl (C=O) groups excluding carboxylic acids is 10. The van der Waals surface area contributed by atoms with Crippen molar-refractivity contribution in [1.29, 1.82) is 0 Å². The standard InChI is InChI=1S/C64H112N10O21/c1-13-60(14-2,42-92-52(9)80)65-56(84)21-23-66(26-29-70(46-75)61(15-3,16-4)43-93-53(10)81)32-35-74(50-78,34-22-64(73(39-59(89)90)49-91-51-79)40-68(37-57(85)86)24-25-69(41-64)38-58(87)88)36-33-67(27-30-71(47-76)62(17-5,18-6)44-94-54(11)82)28-31-72(48-77)63(19-7,20-8)45-95-55(12)83/h46-48,50-51H,13-45,49H2,1-12H3,(H3-,65,84,85,86,87,88,89,90)/p+3. The van der Waals surface area contributed by atoms with Crippen molar-refractivity contribution in [1.82, 2.24) is 34.7 Å². The number of carboxylic acids is 3. The first-order chi connectivity index (χ1) is 44.9. The highest BCUT2D eigenvalue weighted by Gasteiger charge is 2.47. The van der Waals surface area contributed by atoms with Crippen molar-refractivity contribution in [2.24, 2.45) is 0 Å². The highest BCUT2D eigenvalue weighted by Crippen LogP contribution is 2.29. The van der Waals surface area contributed by atoms with Gasteiger partial charge >= 0.3 is 48.2 Å². The van der Waals surface area contributed by atoms with Crippen molar-refractivity contribution in [3.8, 4) is 0 Å². The minimum Gasteiger partial charge on any atom is -0.480 e. The van der Waals surface area contributed by atoms with Crippen LogP contribution in [0.3, 0.4) is 0 Å². The van der Waals surface area contributed by atoms with E-state index >= 15 is 0 Å². The summed E-state index contributed by atoms with van der Waals surface area (Å²) in [6, 6.07) is 0. The monoisotopic (exact) mass is 1360 g/mol. The molecule has 0 radical (unpaired) electrons. The van der Waals surface area contributed by atoms with E-state index in [1.54, 1.807) is 4.90 Å². The predicted octanol–water partition coefficient (Wildman–Crippen LogP) is -1.47. The lowest BCUT2D eigenvalue weighted by atomic mass is 9.90. The Labute approximate surface area is 560 Å². The highest BCUT2D eigenvalue weighted by molar-refractivity contribution is 5.77. The van der Waals surface area contributed by atoms with E-state index in [0.29, 0.717) is 67.6 Å². The molecular weight excluding hydrogens is 1240 g/mol. The van der Waals surface area contributed by atoms with Crippen molar-refractivity contribution in [2.45, 2.75) is 175 Å². The van der Waals surface area contributed by atoms with Gasteiger partial charge in [0.2, 0.25) is 12.3 Å². The fraction of sp³-hybridized carbons (Fsp3) is 0.797. The summed E-state index contributed by atoms with van der Waals surface area (Å²) in [5.74, 6) is -6.41. The number of nitrogens with one attached hydrogen (secondary N) is 3. The topological polar surface area (TPSA) is 369 Å². The number of esters is 4. The molecule has 1 aliphatic rings. The van der Waals surface area contributed by atoms with E-state index in [1.807, 2.05) is 65.2 Å². The Bertz CT molecular complexity index is 2370. The first kappa shape index (κ1) is 86.4. The predicted molar refractivity (Wildman–Crippen MR) is 345 cm³/mol. The molecule has 31 heteroatoms. The van der Waals surface area contributed by atoms with Gasteiger partial charge in [0, 0.05) is 138 Å². The maximum Gasteiger partial charge on any atom is 0.317 e. The zero-order valence-electron chi connectivity index (χ0n) is 58.7. The van der Waals surface area contributed by atoms with Gasteiger partial charge in [0.25, 0.3) is 19.3 Å². The fourth-order valence-corrected chi connectivity index (χ4v) is 12.7. The number of hydrogen-bond donors (Lipinski definition) is 6. The van der Waals surface area contributed by atoms with Crippen LogP contribution in [0.1, 0.15) is 147 Å². The lowest BCUT2D eigenvalue weighted by molar-refractivity contribution is -0.874. The van der Waals surface area contributed by atoms with Crippen molar-refractivity contribution >= 4 is 79.8 Å². The van der Waals surface area contributed by atoms with Gasteiger partial charge in [0.05, 0.1) is 69.0 Å². The number of nitrogens with zero attached hydrogens (tertiary/aromatic N) is 7. The summed E-state index contributed by atoms with van der Waals surface area (Å²) in [5, 5.41) is 34.0. The van der Waals surface area contributed by atoms with Crippen LogP contribution in [0.4, 0.5) is 0 Å². The summed E-state index contributed by atoms with van der Waals surface area (Å²) >= 11 is 0. The molecule has 1 rings (SSSR count). The number of hydrogen-bond acceptors (Lipinski definition) is 23. The molecule has 0 bridgehead atoms. The second kappa shape index (κ2) is 43.5. The van der Waals surface area contributed by atoms with Gasteiger partial charge in [0.1, 0.15) is 44.2 Å². The van der Waals surface area contributed by atoms with E-state index in [2.05, 4.69) is 5.32 Å². The van der Waals surface area contributed by atoms with Gasteiger partial charge in [-0.15, -0.1) is 0 Å². The SMILES string of the molecule is CCC(CC)(COC(C)=O)NC(=O)CCN(CCN(C=O)C(CC)(CC)COC(C)=O)CC[N+](C=O)(CCN(CC[NH+](C=O)C(CC)(CC)COC(C)=O)CC[NH+](C=O)C(CC)(CC)COC(C)=O)CCC1(N(COC=O)CC(=O)O)CN(CC(=O)O)CCN(CC(=O)O)C1. The smallest absolute Gasteiger partial charge is 0.317 e. The van der Waals surface area contributed by atoms with Crippen molar-refractivity contribution < 1.29 is 116 Å². The molecule has 0 aromatic carbocycles. The van der Waals surface area contributed by atoms with Gasteiger partial charge < -0.3 is 49.2 Å². The van der Waals surface area contributed by atoms with E-state index in [1.165, 1.54) is 42.4 Å². The van der Waals surface area contributed by atoms with Crippen LogP contribution in [0, 0.1) is 0 Å². The molecule has 1 heterocycles. The Kier molecular flexibility index (Phi) is 39.6. The second-order valence-electron chi connectivity index (χ2n) is 25.2. The maximum atomic E-state index is 14.8. The maximum absolute atomic E-state index is 14.8. The zero-order chi connectivity index (χ0) is 72.1. The normalized spacial score (nSPS) is 15.3. The minimum absolute atomic E-state index is 0.0217. The Morgan fingerprint density at radius 3 is 1.36 bits per heavy atom. The fourth-order valence-electron chi connectivity index (χ4n) is 12.7. The third-order valence-corrected chi connectivity index (χ3v) is 19.8. The number of carbonyl (C=O) groups is 13. The van der Waals surface area contributed by atoms with Crippen LogP contribution < -0.4 is 15.1 Å². The molecule has 544 valence electrons. The van der Waals surface area contributed by atoms with Gasteiger partial charge in [-0.2, -0.15) is 0 Å². The van der Waals surface area contributed by atoms with Crippen LogP contribution in [-0.2, 0) is 86.0 Å². The van der Waals surface area contributed by atoms with Crippen LogP contribution in [0.15, 0.2) is 0 Å². The van der Waals surface area contributed by atoms with Crippen molar-refractivity contribution in [3.63, 3.8) is 0 Å². The molecule has 0 aliphatic carbocycles. The number of ether oxygens (including phenoxy) is 5. The third-order valence-electron chi connectivity index (χ3n) is 19.8. The number of amides is 5. The number of quaternary nitrogens is 3. The van der Waals surface area contributed by atoms with Crippen LogP contribution in [0.5, 0.6) is 0 Å². The van der Waals surface area contributed by atoms with Gasteiger partial charge in [-0.3, -0.25) is 86.7 Å². The molecule has 5 amide bonds. The average Bonchev–Trinajstić information content (AvgIpc) is 1.78. The molecule has 1 saturated heterocycles. The first-order valence-electron chi connectivity index (χ1n) is 33.3. The lowest BCUT2D eigenvalue weighted by Crippen LogP contribution is -3.21. The molecular formula is C64H115N10O21+3. The molecule has 1 aliphatic heterocycles. The Hall–Kier alpha value is -6.61. The summed E-state index contributed by atoms with van der Waals surface area (Å²) in [7, 11) is 0. The molecule has 0 spiro atoms. The molecule has 6 N–H and O–H groups in total. The molecule has 3 atom stereocenters. The molecule has 3 unspecified atom stereocenters. The number of carboxylic acid groups (broad SMARTS) is 3. The average molecular weight is 1360 g/mol. The summed E-state index contributed by atoms with van der Waals surface area (Å²) in [6.45, 7) is 17.4. The molecule has 31 nitrogen and oxygen atoms in total. The van der Waals surface area contributed by atoms with E-state index < -0.39 is 106 Å². The van der Waals surface area contributed by atoms with E-state index in [4.69, 9.17) is 23.7 Å². The molecule has 95 heavy (non-hydrogen) atoms. The third kappa shape index (κ3) is 28.6. The molecule has 0 saturated carbocycles. The van der Waals surface area contributed by atoms with Crippen molar-refractivity contribution in [2.75, 3.05) is 158 Å². The minimum atomic E-state index is -1.57. The molecule has 0 aromatic rings. The van der Waals surface area contributed by atoms with Gasteiger partial charge in [-0.25, -0.2) is 14.4 Å². The lowest BCUT2D eigenvalue weighted by Gasteiger charge is -2.47. The van der Waals surface area contributed by atoms with Gasteiger partial charge in [0.15, 0.2) is 0 Å². The van der Waals surface area contributed by atoms with Gasteiger partial charge in [-0.05, 0) is 25.7 Å². The molecule has 0 aromatic heterocycles. The number of aliphatic carboxylic acids is 3. The number of rotatable bonds is 55. The van der Waals surface area contributed by atoms with Gasteiger partial charge in [-0.1, -0.05) is 55.4 Å². The molecule has 1 fully saturated rings. The van der Waals surface area contributed by atoms with Crippen LogP contribution in [0.25, 0.3) is 0 Å². The second-order valence-corrected chi connectivity index (χ2v) is 25.2. The summed E-state index contributed by atoms with van der Waals surface area (Å²) in [4.78, 5) is 178. The Morgan fingerprint density at radius 2 is 0.989 bits per heavy atom. The summed E-state index contributed by atoms with van der Waals surface area (Å²) in [6.07, 6.45) is 5.92. The largest absolute Gasteiger partial charge is 0.480 e. The van der Waals surface area contributed by atoms with Crippen LogP contribution >= 0.6 is 0 Å². The summed E-state index contributed by atoms with van der Waals surface area (Å²) < 4.78 is 26.8. The summed E-state index contributed by atoms with van der Waals surface area (Å²) in [5.41, 5.74) is -5.16. The van der Waals surface area contributed by atoms with E-state index in [-0.39, 0.29) is 150 Å². The Morgan fingerprint density at radius 1 is 0.547 bits per heavy atom. The van der Waals surface area contributed by atoms with E-state index in [0.717, 1.165) is 19.2 Å². The zero-order valence-corrected chi connectivity index (χ0v) is 58.7. The quantitative estimate of drug-likeness (QED) is 0.0133. The Balaban J connectivity index is 4.60. The first-order valence-corrected chi connectivity index (χ1v) is 33.3. The highest BCUT2D eigenvalue weighted by atomic mass is 16.5. The van der Waals surface area contributed by atoms with Crippen molar-refractivity contribution in [3.05, 3.63) is 0 Å². The van der Waals surface area contributed by atoms with Crippen LogP contribution in [-0.4, -0.2) is 314 Å². The van der Waals surface area contributed by atoms with Crippen LogP contribution in [0.2, 0.25) is 0 Å².